The zero-order valence-electron chi connectivity index (χ0n) is 11.2. The smallest absolute Gasteiger partial charge is 0.333 e. The molecule has 1 saturated carbocycles. The Hall–Kier alpha value is -0.790. The SMILES string of the molecule is C=C(C)C(=O)OC1(C(C)(C)C)CCC(C)C1. The van der Waals surface area contributed by atoms with Crippen LogP contribution in [0.25, 0.3) is 0 Å². The highest BCUT2D eigenvalue weighted by molar-refractivity contribution is 5.87. The zero-order chi connectivity index (χ0) is 12.6. The third-order valence-corrected chi connectivity index (χ3v) is 3.72. The molecule has 2 unspecified atom stereocenters. The second-order valence-corrected chi connectivity index (χ2v) is 6.26. The average Bonchev–Trinajstić information content (AvgIpc) is 2.47. The van der Waals surface area contributed by atoms with Crippen LogP contribution in [0.4, 0.5) is 0 Å². The summed E-state index contributed by atoms with van der Waals surface area (Å²) in [5, 5.41) is 0. The van der Waals surface area contributed by atoms with E-state index in [1.165, 1.54) is 0 Å². The molecule has 0 radical (unpaired) electrons. The number of esters is 1. The summed E-state index contributed by atoms with van der Waals surface area (Å²) in [5.74, 6) is 0.390. The van der Waals surface area contributed by atoms with E-state index in [-0.39, 0.29) is 17.0 Å². The van der Waals surface area contributed by atoms with Crippen molar-refractivity contribution in [3.05, 3.63) is 12.2 Å². The monoisotopic (exact) mass is 224 g/mol. The molecule has 1 aliphatic rings. The molecule has 1 aliphatic carbocycles. The molecule has 92 valence electrons. The molecule has 0 aliphatic heterocycles. The maximum atomic E-state index is 11.7. The van der Waals surface area contributed by atoms with E-state index in [9.17, 15) is 4.79 Å². The Morgan fingerprint density at radius 2 is 2.00 bits per heavy atom. The number of carbonyl (C=O) groups excluding carboxylic acids is 1. The molecule has 0 saturated heterocycles. The summed E-state index contributed by atoms with van der Waals surface area (Å²) < 4.78 is 5.76. The van der Waals surface area contributed by atoms with Gasteiger partial charge in [0.05, 0.1) is 0 Å². The van der Waals surface area contributed by atoms with Gasteiger partial charge in [0.15, 0.2) is 0 Å². The number of hydrogen-bond donors (Lipinski definition) is 0. The Bertz CT molecular complexity index is 298. The van der Waals surface area contributed by atoms with Crippen molar-refractivity contribution < 1.29 is 9.53 Å². The number of carbonyl (C=O) groups is 1. The van der Waals surface area contributed by atoms with Crippen LogP contribution in [-0.2, 0) is 9.53 Å². The van der Waals surface area contributed by atoms with E-state index in [1.807, 2.05) is 0 Å². The molecular formula is C14H24O2. The molecule has 0 bridgehead atoms. The van der Waals surface area contributed by atoms with Gasteiger partial charge in [0, 0.05) is 11.0 Å². The third kappa shape index (κ3) is 2.47. The minimum absolute atomic E-state index is 0.0110. The highest BCUT2D eigenvalue weighted by Gasteiger charge is 2.49. The van der Waals surface area contributed by atoms with Gasteiger partial charge in [0.25, 0.3) is 0 Å². The van der Waals surface area contributed by atoms with E-state index in [0.29, 0.717) is 11.5 Å². The van der Waals surface area contributed by atoms with Gasteiger partial charge < -0.3 is 4.74 Å². The second-order valence-electron chi connectivity index (χ2n) is 6.26. The van der Waals surface area contributed by atoms with Crippen molar-refractivity contribution in [2.24, 2.45) is 11.3 Å². The molecular weight excluding hydrogens is 200 g/mol. The number of rotatable bonds is 2. The minimum Gasteiger partial charge on any atom is -0.455 e. The predicted octanol–water partition coefficient (Wildman–Crippen LogP) is 3.71. The lowest BCUT2D eigenvalue weighted by Crippen LogP contribution is -2.45. The lowest BCUT2D eigenvalue weighted by molar-refractivity contribution is -0.167. The Morgan fingerprint density at radius 1 is 1.44 bits per heavy atom. The summed E-state index contributed by atoms with van der Waals surface area (Å²) in [6.07, 6.45) is 3.08. The molecule has 0 N–H and O–H groups in total. The molecule has 0 aromatic heterocycles. The summed E-state index contributed by atoms with van der Waals surface area (Å²) in [6.45, 7) is 14.0. The largest absolute Gasteiger partial charge is 0.455 e. The van der Waals surface area contributed by atoms with E-state index in [0.717, 1.165) is 19.3 Å². The molecule has 16 heavy (non-hydrogen) atoms. The van der Waals surface area contributed by atoms with Gasteiger partial charge in [-0.1, -0.05) is 34.3 Å². The third-order valence-electron chi connectivity index (χ3n) is 3.72. The van der Waals surface area contributed by atoms with Gasteiger partial charge in [-0.3, -0.25) is 0 Å². The highest BCUT2D eigenvalue weighted by atomic mass is 16.6. The zero-order valence-corrected chi connectivity index (χ0v) is 11.2. The van der Waals surface area contributed by atoms with E-state index < -0.39 is 0 Å². The first-order valence-corrected chi connectivity index (χ1v) is 6.07. The highest BCUT2D eigenvalue weighted by Crippen LogP contribution is 2.48. The predicted molar refractivity (Wildman–Crippen MR) is 66.1 cm³/mol. The van der Waals surface area contributed by atoms with Crippen LogP contribution in [0, 0.1) is 11.3 Å². The Labute approximate surface area is 99.1 Å². The van der Waals surface area contributed by atoms with Gasteiger partial charge in [-0.05, 0) is 32.1 Å². The molecule has 1 rings (SSSR count). The fraction of sp³-hybridized carbons (Fsp3) is 0.786. The molecule has 2 heteroatoms. The lowest BCUT2D eigenvalue weighted by Gasteiger charge is -2.41. The minimum atomic E-state index is -0.303. The van der Waals surface area contributed by atoms with Crippen molar-refractivity contribution >= 4 is 5.97 Å². The molecule has 0 aromatic carbocycles. The van der Waals surface area contributed by atoms with Crippen LogP contribution in [0.3, 0.4) is 0 Å². The van der Waals surface area contributed by atoms with Crippen LogP contribution in [0.15, 0.2) is 12.2 Å². The van der Waals surface area contributed by atoms with Crippen LogP contribution in [-0.4, -0.2) is 11.6 Å². The standard InChI is InChI=1S/C14H24O2/c1-10(2)12(15)16-14(13(4,5)6)8-7-11(3)9-14/h11H,1,7-9H2,2-6H3. The molecule has 2 nitrogen and oxygen atoms in total. The first-order valence-electron chi connectivity index (χ1n) is 6.07. The Morgan fingerprint density at radius 3 is 2.31 bits per heavy atom. The van der Waals surface area contributed by atoms with E-state index in [1.54, 1.807) is 6.92 Å². The Kier molecular flexibility index (Phi) is 3.51. The number of ether oxygens (including phenoxy) is 1. The summed E-state index contributed by atoms with van der Waals surface area (Å²) >= 11 is 0. The summed E-state index contributed by atoms with van der Waals surface area (Å²) in [5.41, 5.74) is 0.175. The van der Waals surface area contributed by atoms with Gasteiger partial charge in [0.2, 0.25) is 0 Å². The molecule has 0 amide bonds. The molecule has 0 heterocycles. The van der Waals surface area contributed by atoms with Crippen LogP contribution in [0.5, 0.6) is 0 Å². The van der Waals surface area contributed by atoms with Gasteiger partial charge in [-0.25, -0.2) is 4.79 Å². The summed E-state index contributed by atoms with van der Waals surface area (Å²) in [4.78, 5) is 11.7. The van der Waals surface area contributed by atoms with Crippen molar-refractivity contribution in [2.75, 3.05) is 0 Å². The van der Waals surface area contributed by atoms with Crippen molar-refractivity contribution in [3.8, 4) is 0 Å². The fourth-order valence-corrected chi connectivity index (χ4v) is 2.44. The summed E-state index contributed by atoms with van der Waals surface area (Å²) in [6, 6.07) is 0. The second kappa shape index (κ2) is 4.23. The molecule has 0 aromatic rings. The van der Waals surface area contributed by atoms with Crippen LogP contribution < -0.4 is 0 Å². The summed E-state index contributed by atoms with van der Waals surface area (Å²) in [7, 11) is 0. The van der Waals surface area contributed by atoms with Crippen molar-refractivity contribution in [2.45, 2.75) is 59.5 Å². The van der Waals surface area contributed by atoms with Crippen LogP contribution in [0.1, 0.15) is 53.9 Å². The number of hydrogen-bond acceptors (Lipinski definition) is 2. The van der Waals surface area contributed by atoms with Crippen LogP contribution in [0.2, 0.25) is 0 Å². The van der Waals surface area contributed by atoms with E-state index in [2.05, 4.69) is 34.3 Å². The molecule has 1 fully saturated rings. The van der Waals surface area contributed by atoms with Gasteiger partial charge in [0.1, 0.15) is 5.60 Å². The van der Waals surface area contributed by atoms with Gasteiger partial charge in [-0.15, -0.1) is 0 Å². The quantitative estimate of drug-likeness (QED) is 0.528. The van der Waals surface area contributed by atoms with Crippen molar-refractivity contribution in [3.63, 3.8) is 0 Å². The lowest BCUT2D eigenvalue weighted by atomic mass is 9.74. The maximum Gasteiger partial charge on any atom is 0.333 e. The van der Waals surface area contributed by atoms with Crippen LogP contribution >= 0.6 is 0 Å². The van der Waals surface area contributed by atoms with Gasteiger partial charge >= 0.3 is 5.97 Å². The fourth-order valence-electron chi connectivity index (χ4n) is 2.44. The first kappa shape index (κ1) is 13.3. The van der Waals surface area contributed by atoms with Gasteiger partial charge in [-0.2, -0.15) is 0 Å². The maximum absolute atomic E-state index is 11.7. The molecule has 2 atom stereocenters. The Balaban J connectivity index is 2.90. The normalized spacial score (nSPS) is 30.2. The first-order chi connectivity index (χ1) is 7.18. The molecule has 0 spiro atoms. The topological polar surface area (TPSA) is 26.3 Å². The van der Waals surface area contributed by atoms with E-state index >= 15 is 0 Å². The van der Waals surface area contributed by atoms with E-state index in [4.69, 9.17) is 4.74 Å². The van der Waals surface area contributed by atoms with Crippen molar-refractivity contribution in [1.29, 1.82) is 0 Å². The van der Waals surface area contributed by atoms with Crippen molar-refractivity contribution in [1.82, 2.24) is 0 Å². The average molecular weight is 224 g/mol.